The summed E-state index contributed by atoms with van der Waals surface area (Å²) in [6.45, 7) is 12.2. The number of anilines is 1. The van der Waals surface area contributed by atoms with Gasteiger partial charge < -0.3 is 4.74 Å². The Morgan fingerprint density at radius 2 is 1.86 bits per heavy atom. The number of hydrogen-bond donors (Lipinski definition) is 0. The standard InChI is InChI=1S/C28H37N5O2/c1-4-26(34)33(25-12-8-11-24(19-29)30-25)22-28(13-18-35-27(2,3)21-28)32-16-14-31(15-17-32)20-23-9-6-5-7-10-23/h5-12H,4,13-18,20-22H2,1-3H3. The quantitative estimate of drug-likeness (QED) is 0.606. The van der Waals surface area contributed by atoms with Gasteiger partial charge in [-0.25, -0.2) is 4.98 Å². The molecule has 2 aromatic rings. The molecule has 186 valence electrons. The molecule has 0 spiro atoms. The molecule has 1 aromatic heterocycles. The second-order valence-electron chi connectivity index (χ2n) is 10.3. The molecule has 2 aliphatic heterocycles. The van der Waals surface area contributed by atoms with Crippen molar-refractivity contribution in [2.24, 2.45) is 0 Å². The van der Waals surface area contributed by atoms with Crippen LogP contribution in [0.2, 0.25) is 0 Å². The monoisotopic (exact) mass is 475 g/mol. The maximum absolute atomic E-state index is 13.2. The molecule has 1 aromatic carbocycles. The Labute approximate surface area is 209 Å². The highest BCUT2D eigenvalue weighted by atomic mass is 16.5. The number of aromatic nitrogens is 1. The van der Waals surface area contributed by atoms with Crippen LogP contribution in [-0.4, -0.2) is 71.2 Å². The van der Waals surface area contributed by atoms with Crippen LogP contribution in [0.15, 0.2) is 48.5 Å². The lowest BCUT2D eigenvalue weighted by atomic mass is 9.78. The van der Waals surface area contributed by atoms with E-state index in [0.29, 0.717) is 31.1 Å². The van der Waals surface area contributed by atoms with Gasteiger partial charge in [-0.3, -0.25) is 19.5 Å². The van der Waals surface area contributed by atoms with Crippen molar-refractivity contribution < 1.29 is 9.53 Å². The Hall–Kier alpha value is -2.79. The minimum absolute atomic E-state index is 0.0268. The van der Waals surface area contributed by atoms with Gasteiger partial charge in [-0.1, -0.05) is 43.3 Å². The van der Waals surface area contributed by atoms with E-state index >= 15 is 0 Å². The zero-order chi connectivity index (χ0) is 24.9. The second kappa shape index (κ2) is 10.9. The van der Waals surface area contributed by atoms with Crippen LogP contribution in [0.3, 0.4) is 0 Å². The van der Waals surface area contributed by atoms with Gasteiger partial charge in [-0.2, -0.15) is 5.26 Å². The summed E-state index contributed by atoms with van der Waals surface area (Å²) in [6.07, 6.45) is 2.09. The third-order valence-electron chi connectivity index (χ3n) is 7.29. The summed E-state index contributed by atoms with van der Waals surface area (Å²) < 4.78 is 6.12. The highest BCUT2D eigenvalue weighted by Crippen LogP contribution is 2.38. The predicted molar refractivity (Wildman–Crippen MR) is 137 cm³/mol. The van der Waals surface area contributed by atoms with Gasteiger partial charge in [0.2, 0.25) is 5.91 Å². The first-order valence-electron chi connectivity index (χ1n) is 12.7. The molecule has 0 radical (unpaired) electrons. The zero-order valence-corrected chi connectivity index (χ0v) is 21.2. The van der Waals surface area contributed by atoms with E-state index < -0.39 is 0 Å². The van der Waals surface area contributed by atoms with E-state index in [1.807, 2.05) is 13.0 Å². The summed E-state index contributed by atoms with van der Waals surface area (Å²) in [6, 6.07) is 18.1. The molecule has 1 amide bonds. The van der Waals surface area contributed by atoms with E-state index in [1.165, 1.54) is 5.56 Å². The fourth-order valence-electron chi connectivity index (χ4n) is 5.59. The molecule has 3 heterocycles. The van der Waals surface area contributed by atoms with E-state index in [0.717, 1.165) is 45.6 Å². The molecule has 35 heavy (non-hydrogen) atoms. The molecule has 7 nitrogen and oxygen atoms in total. The summed E-state index contributed by atoms with van der Waals surface area (Å²) in [5, 5.41) is 9.37. The smallest absolute Gasteiger partial charge is 0.227 e. The number of hydrogen-bond acceptors (Lipinski definition) is 6. The van der Waals surface area contributed by atoms with Crippen LogP contribution in [0.1, 0.15) is 51.3 Å². The predicted octanol–water partition coefficient (Wildman–Crippen LogP) is 3.84. The molecule has 7 heteroatoms. The van der Waals surface area contributed by atoms with E-state index in [1.54, 1.807) is 17.0 Å². The lowest BCUT2D eigenvalue weighted by Crippen LogP contribution is -2.65. The van der Waals surface area contributed by atoms with E-state index in [2.05, 4.69) is 65.0 Å². The topological polar surface area (TPSA) is 72.7 Å². The number of pyridine rings is 1. The number of rotatable bonds is 7. The highest BCUT2D eigenvalue weighted by molar-refractivity contribution is 5.92. The van der Waals surface area contributed by atoms with Gasteiger partial charge in [0.05, 0.1) is 5.60 Å². The Morgan fingerprint density at radius 3 is 2.51 bits per heavy atom. The minimum Gasteiger partial charge on any atom is -0.375 e. The Bertz CT molecular complexity index is 1040. The molecule has 0 bridgehead atoms. The van der Waals surface area contributed by atoms with Crippen LogP contribution >= 0.6 is 0 Å². The zero-order valence-electron chi connectivity index (χ0n) is 21.2. The first-order chi connectivity index (χ1) is 16.8. The first-order valence-corrected chi connectivity index (χ1v) is 12.7. The number of nitrogens with zero attached hydrogens (tertiary/aromatic N) is 5. The lowest BCUT2D eigenvalue weighted by molar-refractivity contribution is -0.130. The average molecular weight is 476 g/mol. The van der Waals surface area contributed by atoms with Crippen molar-refractivity contribution in [1.82, 2.24) is 14.8 Å². The molecule has 4 rings (SSSR count). The molecule has 1 atom stereocenters. The maximum Gasteiger partial charge on any atom is 0.227 e. The molecule has 0 N–H and O–H groups in total. The highest BCUT2D eigenvalue weighted by Gasteiger charge is 2.47. The van der Waals surface area contributed by atoms with Crippen molar-refractivity contribution in [2.45, 2.75) is 57.7 Å². The Balaban J connectivity index is 1.57. The fourth-order valence-corrected chi connectivity index (χ4v) is 5.59. The van der Waals surface area contributed by atoms with Gasteiger partial charge in [-0.05, 0) is 44.4 Å². The van der Waals surface area contributed by atoms with Gasteiger partial charge in [0, 0.05) is 57.8 Å². The van der Waals surface area contributed by atoms with Crippen molar-refractivity contribution in [3.63, 3.8) is 0 Å². The van der Waals surface area contributed by atoms with Crippen molar-refractivity contribution in [1.29, 1.82) is 5.26 Å². The third kappa shape index (κ3) is 6.07. The van der Waals surface area contributed by atoms with Gasteiger partial charge in [0.25, 0.3) is 0 Å². The number of nitriles is 1. The van der Waals surface area contributed by atoms with Crippen molar-refractivity contribution in [3.05, 3.63) is 59.8 Å². The molecule has 0 aliphatic carbocycles. The Kier molecular flexibility index (Phi) is 7.85. The SMILES string of the molecule is CCC(=O)N(CC1(N2CCN(Cc3ccccc3)CC2)CCOC(C)(C)C1)c1cccc(C#N)n1. The molecule has 1 unspecified atom stereocenters. The Morgan fingerprint density at radius 1 is 1.11 bits per heavy atom. The number of carbonyl (C=O) groups excluding carboxylic acids is 1. The summed E-state index contributed by atoms with van der Waals surface area (Å²) >= 11 is 0. The van der Waals surface area contributed by atoms with E-state index in [4.69, 9.17) is 4.74 Å². The van der Waals surface area contributed by atoms with Crippen LogP contribution in [0.5, 0.6) is 0 Å². The molecule has 2 aliphatic rings. The van der Waals surface area contributed by atoms with Crippen LogP contribution in [0, 0.1) is 11.3 Å². The normalized spacial score (nSPS) is 22.9. The molecule has 2 fully saturated rings. The van der Waals surface area contributed by atoms with Crippen LogP contribution in [-0.2, 0) is 16.1 Å². The van der Waals surface area contributed by atoms with E-state index in [-0.39, 0.29) is 17.0 Å². The summed E-state index contributed by atoms with van der Waals surface area (Å²) in [5.41, 5.74) is 1.18. The molecular weight excluding hydrogens is 438 g/mol. The third-order valence-corrected chi connectivity index (χ3v) is 7.29. The summed E-state index contributed by atoms with van der Waals surface area (Å²) in [5.74, 6) is 0.585. The first kappa shape index (κ1) is 25.3. The minimum atomic E-state index is -0.276. The van der Waals surface area contributed by atoms with Gasteiger partial charge >= 0.3 is 0 Å². The van der Waals surface area contributed by atoms with Crippen molar-refractivity contribution >= 4 is 11.7 Å². The van der Waals surface area contributed by atoms with E-state index in [9.17, 15) is 10.1 Å². The second-order valence-corrected chi connectivity index (χ2v) is 10.3. The summed E-state index contributed by atoms with van der Waals surface area (Å²) in [7, 11) is 0. The molecule has 0 saturated carbocycles. The number of carbonyl (C=O) groups is 1. The van der Waals surface area contributed by atoms with Crippen molar-refractivity contribution in [3.8, 4) is 6.07 Å². The largest absolute Gasteiger partial charge is 0.375 e. The van der Waals surface area contributed by atoms with Gasteiger partial charge in [-0.15, -0.1) is 0 Å². The lowest BCUT2D eigenvalue weighted by Gasteiger charge is -2.54. The number of benzene rings is 1. The van der Waals surface area contributed by atoms with Crippen LogP contribution in [0.4, 0.5) is 5.82 Å². The van der Waals surface area contributed by atoms with Crippen LogP contribution in [0.25, 0.3) is 0 Å². The average Bonchev–Trinajstić information content (AvgIpc) is 2.87. The fraction of sp³-hybridized carbons (Fsp3) is 0.536. The molecular formula is C28H37N5O2. The number of piperazine rings is 1. The number of amides is 1. The summed E-state index contributed by atoms with van der Waals surface area (Å²) in [4.78, 5) is 24.6. The van der Waals surface area contributed by atoms with Gasteiger partial charge in [0.15, 0.2) is 0 Å². The van der Waals surface area contributed by atoms with Crippen LogP contribution < -0.4 is 4.90 Å². The van der Waals surface area contributed by atoms with Gasteiger partial charge in [0.1, 0.15) is 17.6 Å². The number of ether oxygens (including phenoxy) is 1. The maximum atomic E-state index is 13.2. The molecule has 2 saturated heterocycles. The van der Waals surface area contributed by atoms with Crippen molar-refractivity contribution in [2.75, 3.05) is 44.2 Å².